The maximum absolute atomic E-state index is 12.3. The van der Waals surface area contributed by atoms with Crippen LogP contribution in [0, 0.1) is 6.92 Å². The number of aromatic amines is 1. The average Bonchev–Trinajstić information content (AvgIpc) is 2.92. The van der Waals surface area contributed by atoms with Gasteiger partial charge in [0.2, 0.25) is 0 Å². The van der Waals surface area contributed by atoms with E-state index in [1.807, 2.05) is 19.1 Å². The van der Waals surface area contributed by atoms with Crippen LogP contribution in [0.1, 0.15) is 22.3 Å². The number of benzene rings is 1. The van der Waals surface area contributed by atoms with Crippen LogP contribution in [-0.2, 0) is 0 Å². The van der Waals surface area contributed by atoms with E-state index in [0.29, 0.717) is 17.0 Å². The zero-order chi connectivity index (χ0) is 17.7. The Balaban J connectivity index is 2.44. The summed E-state index contributed by atoms with van der Waals surface area (Å²) in [6.45, 7) is 1.65. The number of hydrogen-bond acceptors (Lipinski definition) is 3. The van der Waals surface area contributed by atoms with Crippen molar-refractivity contribution in [1.29, 1.82) is 0 Å². The molecule has 8 heteroatoms. The molecule has 0 bridgehead atoms. The molecule has 0 saturated carbocycles. The third-order valence-electron chi connectivity index (χ3n) is 3.29. The first-order valence-electron chi connectivity index (χ1n) is 7.31. The molecule has 24 heavy (non-hydrogen) atoms. The summed E-state index contributed by atoms with van der Waals surface area (Å²) in [5.41, 5.74) is 12.7. The third-order valence-corrected chi connectivity index (χ3v) is 3.29. The van der Waals surface area contributed by atoms with Crippen LogP contribution in [0.4, 0.5) is 15.0 Å². The van der Waals surface area contributed by atoms with E-state index in [9.17, 15) is 14.0 Å². The number of nitrogens with two attached hydrogens (primary N) is 2. The van der Waals surface area contributed by atoms with Crippen molar-refractivity contribution in [3.8, 4) is 17.0 Å². The monoisotopic (exact) mass is 334 g/mol. The summed E-state index contributed by atoms with van der Waals surface area (Å²) in [7, 11) is 0. The number of primary amides is 2. The van der Waals surface area contributed by atoms with Crippen LogP contribution >= 0.6 is 0 Å². The quantitative estimate of drug-likeness (QED) is 0.581. The van der Waals surface area contributed by atoms with E-state index in [2.05, 4.69) is 10.3 Å². The number of amides is 3. The lowest BCUT2D eigenvalue weighted by atomic mass is 10.1. The maximum Gasteiger partial charge on any atom is 0.317 e. The van der Waals surface area contributed by atoms with Crippen molar-refractivity contribution in [2.24, 2.45) is 11.5 Å². The predicted octanol–water partition coefficient (Wildman–Crippen LogP) is 2.32. The topological polar surface area (TPSA) is 123 Å². The van der Waals surface area contributed by atoms with Crippen LogP contribution in [0.15, 0.2) is 24.3 Å². The van der Waals surface area contributed by atoms with Gasteiger partial charge in [-0.1, -0.05) is 11.6 Å². The fourth-order valence-electron chi connectivity index (χ4n) is 2.23. The minimum Gasteiger partial charge on any atom is -0.493 e. The van der Waals surface area contributed by atoms with Gasteiger partial charge < -0.3 is 21.2 Å². The summed E-state index contributed by atoms with van der Waals surface area (Å²) in [5, 5.41) is 2.32. The van der Waals surface area contributed by atoms with Crippen molar-refractivity contribution >= 4 is 17.8 Å². The Morgan fingerprint density at radius 2 is 2.04 bits per heavy atom. The maximum atomic E-state index is 12.3. The number of aryl methyl sites for hydroxylation is 1. The highest BCUT2D eigenvalue weighted by molar-refractivity contribution is 6.03. The van der Waals surface area contributed by atoms with Crippen LogP contribution in [0.3, 0.4) is 0 Å². The number of aromatic nitrogens is 1. The molecule has 0 aliphatic rings. The lowest BCUT2D eigenvalue weighted by Crippen LogP contribution is -2.22. The van der Waals surface area contributed by atoms with Crippen molar-refractivity contribution in [1.82, 2.24) is 4.98 Å². The second kappa shape index (κ2) is 7.49. The second-order valence-corrected chi connectivity index (χ2v) is 5.22. The summed E-state index contributed by atoms with van der Waals surface area (Å²) >= 11 is 0. The summed E-state index contributed by atoms with van der Waals surface area (Å²) in [4.78, 5) is 25.5. The summed E-state index contributed by atoms with van der Waals surface area (Å²) < 4.78 is 17.8. The molecule has 0 radical (unpaired) electrons. The Morgan fingerprint density at radius 1 is 1.29 bits per heavy atom. The first-order chi connectivity index (χ1) is 11.4. The lowest BCUT2D eigenvalue weighted by Gasteiger charge is -2.11. The highest BCUT2D eigenvalue weighted by atomic mass is 19.1. The van der Waals surface area contributed by atoms with Crippen LogP contribution in [0.2, 0.25) is 0 Å². The number of hydrogen-bond donors (Lipinski definition) is 4. The molecule has 0 spiro atoms. The second-order valence-electron chi connectivity index (χ2n) is 5.22. The van der Waals surface area contributed by atoms with Crippen LogP contribution in [0.25, 0.3) is 11.3 Å². The zero-order valence-electron chi connectivity index (χ0n) is 13.2. The number of rotatable bonds is 7. The van der Waals surface area contributed by atoms with Crippen molar-refractivity contribution in [2.75, 3.05) is 18.6 Å². The van der Waals surface area contributed by atoms with Gasteiger partial charge in [-0.2, -0.15) is 0 Å². The number of H-pyrrole nitrogens is 1. The molecule has 2 rings (SSSR count). The van der Waals surface area contributed by atoms with Crippen molar-refractivity contribution < 1.29 is 18.7 Å². The van der Waals surface area contributed by atoms with Gasteiger partial charge in [-0.25, -0.2) is 4.79 Å². The molecule has 1 aromatic carbocycles. The molecular weight excluding hydrogens is 315 g/mol. The van der Waals surface area contributed by atoms with E-state index in [1.165, 1.54) is 6.07 Å². The fourth-order valence-corrected chi connectivity index (χ4v) is 2.23. The van der Waals surface area contributed by atoms with Gasteiger partial charge in [-0.15, -0.1) is 0 Å². The van der Waals surface area contributed by atoms with E-state index >= 15 is 0 Å². The summed E-state index contributed by atoms with van der Waals surface area (Å²) in [6.07, 6.45) is 0.277. The highest BCUT2D eigenvalue weighted by Gasteiger charge is 2.17. The number of ether oxygens (including phenoxy) is 1. The number of alkyl halides is 1. The summed E-state index contributed by atoms with van der Waals surface area (Å²) in [5.74, 6) is -0.0769. The number of anilines is 1. The number of halogens is 1. The molecule has 6 N–H and O–H groups in total. The SMILES string of the molecule is Cc1ccc(OCCCF)c(-c2cc(C(N)=O)c(NC(N)=O)[nH]2)c1. The number of nitrogens with one attached hydrogen (secondary N) is 2. The minimum atomic E-state index is -0.824. The standard InChI is InChI=1S/C16H19FN4O3/c1-9-3-4-13(24-6-2-5-17)10(7-9)12-8-11(14(18)22)15(20-12)21-16(19)23/h3-4,7-8,20H,2,5-6H2,1H3,(H2,18,22)(H3,19,21,23). The molecule has 128 valence electrons. The number of urea groups is 1. The molecule has 0 unspecified atom stereocenters. The van der Waals surface area contributed by atoms with Crippen LogP contribution < -0.4 is 21.5 Å². The van der Waals surface area contributed by atoms with E-state index in [4.69, 9.17) is 16.2 Å². The fraction of sp³-hybridized carbons (Fsp3) is 0.250. The molecule has 0 aliphatic carbocycles. The Kier molecular flexibility index (Phi) is 5.41. The smallest absolute Gasteiger partial charge is 0.317 e. The Bertz CT molecular complexity index is 758. The first kappa shape index (κ1) is 17.3. The molecule has 1 aromatic heterocycles. The van der Waals surface area contributed by atoms with Gasteiger partial charge in [-0.3, -0.25) is 14.5 Å². The highest BCUT2D eigenvalue weighted by Crippen LogP contribution is 2.33. The normalized spacial score (nSPS) is 10.4. The van der Waals surface area contributed by atoms with E-state index in [0.717, 1.165) is 5.56 Å². The first-order valence-corrected chi connectivity index (χ1v) is 7.31. The van der Waals surface area contributed by atoms with Crippen molar-refractivity contribution in [3.63, 3.8) is 0 Å². The molecule has 1 heterocycles. The average molecular weight is 334 g/mol. The molecular formula is C16H19FN4O3. The van der Waals surface area contributed by atoms with Crippen LogP contribution in [0.5, 0.6) is 5.75 Å². The van der Waals surface area contributed by atoms with Crippen LogP contribution in [-0.4, -0.2) is 30.2 Å². The Labute approximate surface area is 138 Å². The van der Waals surface area contributed by atoms with Gasteiger partial charge in [0, 0.05) is 12.0 Å². The molecule has 0 fully saturated rings. The largest absolute Gasteiger partial charge is 0.493 e. The van der Waals surface area contributed by atoms with E-state index in [1.54, 1.807) is 6.07 Å². The van der Waals surface area contributed by atoms with Gasteiger partial charge in [0.1, 0.15) is 11.6 Å². The van der Waals surface area contributed by atoms with Gasteiger partial charge in [-0.05, 0) is 25.1 Å². The van der Waals surface area contributed by atoms with E-state index in [-0.39, 0.29) is 24.4 Å². The van der Waals surface area contributed by atoms with Gasteiger partial charge in [0.25, 0.3) is 5.91 Å². The molecule has 0 aliphatic heterocycles. The number of carbonyl (C=O) groups is 2. The molecule has 7 nitrogen and oxygen atoms in total. The molecule has 3 amide bonds. The van der Waals surface area contributed by atoms with Gasteiger partial charge in [0.15, 0.2) is 0 Å². The lowest BCUT2D eigenvalue weighted by molar-refractivity contribution is 0.100. The third kappa shape index (κ3) is 4.03. The number of carbonyl (C=O) groups excluding carboxylic acids is 2. The zero-order valence-corrected chi connectivity index (χ0v) is 13.2. The molecule has 0 saturated heterocycles. The Hall–Kier alpha value is -3.03. The summed E-state index contributed by atoms with van der Waals surface area (Å²) in [6, 6.07) is 6.14. The van der Waals surface area contributed by atoms with Crippen molar-refractivity contribution in [3.05, 3.63) is 35.4 Å². The van der Waals surface area contributed by atoms with Gasteiger partial charge in [0.05, 0.1) is 24.5 Å². The predicted molar refractivity (Wildman–Crippen MR) is 88.8 cm³/mol. The van der Waals surface area contributed by atoms with Crippen molar-refractivity contribution in [2.45, 2.75) is 13.3 Å². The molecule has 0 atom stereocenters. The minimum absolute atomic E-state index is 0.0972. The Morgan fingerprint density at radius 3 is 2.67 bits per heavy atom. The molecule has 2 aromatic rings. The van der Waals surface area contributed by atoms with Gasteiger partial charge >= 0.3 is 6.03 Å². The van der Waals surface area contributed by atoms with E-state index < -0.39 is 18.6 Å².